The summed E-state index contributed by atoms with van der Waals surface area (Å²) in [7, 11) is -3.84. The van der Waals surface area contributed by atoms with Gasteiger partial charge in [-0.1, -0.05) is 22.4 Å². The number of hydrogen-bond acceptors (Lipinski definition) is 8. The second-order valence-corrected chi connectivity index (χ2v) is 6.90. The first kappa shape index (κ1) is 16.5. The fourth-order valence-corrected chi connectivity index (χ4v) is 2.98. The Morgan fingerprint density at radius 2 is 2.12 bits per heavy atom. The Morgan fingerprint density at radius 1 is 1.33 bits per heavy atom. The van der Waals surface area contributed by atoms with Crippen molar-refractivity contribution >= 4 is 21.4 Å². The number of aromatic nitrogens is 4. The van der Waals surface area contributed by atoms with E-state index in [0.717, 1.165) is 12.5 Å². The second-order valence-electron chi connectivity index (χ2n) is 4.47. The fraction of sp³-hybridized carbons (Fsp3) is 0.167. The lowest BCUT2D eigenvalue weighted by Gasteiger charge is -2.03. The molecule has 0 spiro atoms. The normalized spacial score (nSPS) is 12.5. The molecule has 3 aromatic rings. The van der Waals surface area contributed by atoms with Crippen molar-refractivity contribution in [2.75, 3.05) is 0 Å². The van der Waals surface area contributed by atoms with Crippen molar-refractivity contribution in [3.8, 4) is 11.4 Å². The van der Waals surface area contributed by atoms with Gasteiger partial charge in [-0.15, -0.1) is 0 Å². The standard InChI is InChI=1S/C12H6ClF2N4O4S/c13-12(14,15)11-17-10(19-23-11)7-2-1-3-8(4-7)24(20,21)5-9-16-6-22-18-9/h1-2,4,6H,5H2. The molecule has 8 nitrogen and oxygen atoms in total. The van der Waals surface area contributed by atoms with Gasteiger partial charge in [0.1, 0.15) is 5.75 Å². The first-order valence-electron chi connectivity index (χ1n) is 6.17. The first-order chi connectivity index (χ1) is 11.3. The van der Waals surface area contributed by atoms with Gasteiger partial charge in [-0.2, -0.15) is 18.7 Å². The predicted octanol–water partition coefficient (Wildman–Crippen LogP) is 2.18. The zero-order valence-electron chi connectivity index (χ0n) is 11.5. The van der Waals surface area contributed by atoms with Gasteiger partial charge in [-0.25, -0.2) is 8.42 Å². The molecule has 24 heavy (non-hydrogen) atoms. The number of sulfone groups is 1. The minimum Gasteiger partial charge on any atom is -0.343 e. The Morgan fingerprint density at radius 3 is 2.75 bits per heavy atom. The highest BCUT2D eigenvalue weighted by atomic mass is 35.5. The smallest absolute Gasteiger partial charge is 0.343 e. The molecular formula is C12H6ClF2N4O4S. The molecule has 2 aromatic heterocycles. The predicted molar refractivity (Wildman–Crippen MR) is 73.5 cm³/mol. The van der Waals surface area contributed by atoms with Crippen LogP contribution in [0.5, 0.6) is 0 Å². The van der Waals surface area contributed by atoms with Crippen molar-refractivity contribution in [3.05, 3.63) is 42.4 Å². The molecule has 0 saturated carbocycles. The highest BCUT2D eigenvalue weighted by molar-refractivity contribution is 7.90. The van der Waals surface area contributed by atoms with Gasteiger partial charge in [0.25, 0.3) is 0 Å². The van der Waals surface area contributed by atoms with Crippen molar-refractivity contribution in [3.63, 3.8) is 0 Å². The molecule has 0 saturated heterocycles. The van der Waals surface area contributed by atoms with Gasteiger partial charge in [0.15, 0.2) is 15.7 Å². The van der Waals surface area contributed by atoms with Crippen molar-refractivity contribution in [1.82, 2.24) is 20.3 Å². The topological polar surface area (TPSA) is 112 Å². The third-order valence-electron chi connectivity index (χ3n) is 2.76. The lowest BCUT2D eigenvalue weighted by Crippen LogP contribution is -2.06. The molecule has 0 amide bonds. The van der Waals surface area contributed by atoms with Crippen LogP contribution in [0.3, 0.4) is 0 Å². The van der Waals surface area contributed by atoms with E-state index in [4.69, 9.17) is 11.6 Å². The van der Waals surface area contributed by atoms with Gasteiger partial charge >= 0.3 is 11.3 Å². The van der Waals surface area contributed by atoms with Crippen LogP contribution in [0.4, 0.5) is 8.78 Å². The maximum atomic E-state index is 12.9. The average molecular weight is 376 g/mol. The molecule has 0 aliphatic heterocycles. The Balaban J connectivity index is 1.93. The number of alkyl halides is 3. The summed E-state index contributed by atoms with van der Waals surface area (Å²) in [6.07, 6.45) is 0.998. The molecule has 0 N–H and O–H groups in total. The minimum atomic E-state index is -3.84. The zero-order chi connectivity index (χ0) is 17.4. The molecule has 2 heterocycles. The van der Waals surface area contributed by atoms with E-state index in [2.05, 4.69) is 35.4 Å². The summed E-state index contributed by atoms with van der Waals surface area (Å²) in [5.74, 6) is -1.88. The van der Waals surface area contributed by atoms with E-state index in [0.29, 0.717) is 0 Å². The molecule has 0 unspecified atom stereocenters. The van der Waals surface area contributed by atoms with Gasteiger partial charge in [-0.05, 0) is 17.7 Å². The summed E-state index contributed by atoms with van der Waals surface area (Å²) in [5, 5.41) is 2.95. The third-order valence-corrected chi connectivity index (χ3v) is 4.47. The van der Waals surface area contributed by atoms with E-state index >= 15 is 0 Å². The minimum absolute atomic E-state index is 0.0302. The highest BCUT2D eigenvalue weighted by Gasteiger charge is 2.35. The Bertz CT molecular complexity index is 954. The molecule has 0 bridgehead atoms. The fourth-order valence-electron chi connectivity index (χ4n) is 1.72. The molecule has 3 rings (SSSR count). The van der Waals surface area contributed by atoms with E-state index in [-0.39, 0.29) is 22.1 Å². The highest BCUT2D eigenvalue weighted by Crippen LogP contribution is 2.32. The monoisotopic (exact) mass is 375 g/mol. The number of nitrogens with zero attached hydrogens (tertiary/aromatic N) is 4. The quantitative estimate of drug-likeness (QED) is 0.624. The lowest BCUT2D eigenvalue weighted by molar-refractivity contribution is 0.0551. The molecule has 12 heteroatoms. The molecule has 0 aliphatic carbocycles. The summed E-state index contributed by atoms with van der Waals surface area (Å²) in [5.41, 5.74) is 0.136. The second kappa shape index (κ2) is 5.91. The van der Waals surface area contributed by atoms with Gasteiger partial charge in [-0.3, -0.25) is 0 Å². The molecular weight excluding hydrogens is 370 g/mol. The zero-order valence-corrected chi connectivity index (χ0v) is 13.1. The molecule has 0 aliphatic rings. The van der Waals surface area contributed by atoms with Crippen molar-refractivity contribution < 1.29 is 26.2 Å². The van der Waals surface area contributed by atoms with Crippen LogP contribution in [-0.2, 0) is 21.0 Å². The molecule has 125 valence electrons. The Labute approximate surface area is 138 Å². The van der Waals surface area contributed by atoms with Crippen molar-refractivity contribution in [2.45, 2.75) is 16.0 Å². The first-order valence-corrected chi connectivity index (χ1v) is 8.20. The van der Waals surface area contributed by atoms with Gasteiger partial charge in [0.05, 0.1) is 4.90 Å². The van der Waals surface area contributed by atoms with Crippen LogP contribution in [0.1, 0.15) is 11.7 Å². The van der Waals surface area contributed by atoms with Crippen LogP contribution in [0, 0.1) is 6.07 Å². The third kappa shape index (κ3) is 3.41. The average Bonchev–Trinajstić information content (AvgIpc) is 3.17. The van der Waals surface area contributed by atoms with Crippen LogP contribution < -0.4 is 0 Å². The summed E-state index contributed by atoms with van der Waals surface area (Å²) in [6, 6.07) is 6.37. The maximum absolute atomic E-state index is 12.9. The number of halogens is 3. The van der Waals surface area contributed by atoms with Gasteiger partial charge < -0.3 is 9.05 Å². The summed E-state index contributed by atoms with van der Waals surface area (Å²) < 4.78 is 59.2. The van der Waals surface area contributed by atoms with Crippen molar-refractivity contribution in [1.29, 1.82) is 0 Å². The SMILES string of the molecule is O=S(=O)(Cc1ncon1)c1[c]ccc(-c2noc(C(F)(F)Cl)n2)c1. The van der Waals surface area contributed by atoms with E-state index < -0.39 is 26.9 Å². The van der Waals surface area contributed by atoms with E-state index in [1.54, 1.807) is 0 Å². The summed E-state index contributed by atoms with van der Waals surface area (Å²) in [6.45, 7) is 0. The summed E-state index contributed by atoms with van der Waals surface area (Å²) in [4.78, 5) is 6.86. The Kier molecular flexibility index (Phi) is 4.05. The largest absolute Gasteiger partial charge is 0.400 e. The van der Waals surface area contributed by atoms with Crippen molar-refractivity contribution in [2.24, 2.45) is 0 Å². The van der Waals surface area contributed by atoms with Crippen LogP contribution in [0.15, 0.2) is 38.5 Å². The van der Waals surface area contributed by atoms with Crippen LogP contribution in [0.25, 0.3) is 11.4 Å². The Hall–Kier alpha value is -2.40. The number of rotatable bonds is 5. The van der Waals surface area contributed by atoms with Gasteiger partial charge in [0, 0.05) is 11.6 Å². The molecule has 0 fully saturated rings. The molecule has 0 atom stereocenters. The number of benzene rings is 1. The van der Waals surface area contributed by atoms with E-state index in [9.17, 15) is 17.2 Å². The van der Waals surface area contributed by atoms with Gasteiger partial charge in [0.2, 0.25) is 12.2 Å². The van der Waals surface area contributed by atoms with Crippen LogP contribution in [-0.4, -0.2) is 28.7 Å². The maximum Gasteiger partial charge on any atom is 0.400 e. The summed E-state index contributed by atoms with van der Waals surface area (Å²) >= 11 is 4.79. The molecule has 1 aromatic carbocycles. The molecule has 1 radical (unpaired) electrons. The van der Waals surface area contributed by atoms with Crippen LogP contribution >= 0.6 is 11.6 Å². The lowest BCUT2D eigenvalue weighted by atomic mass is 10.2. The van der Waals surface area contributed by atoms with E-state index in [1.807, 2.05) is 0 Å². The van der Waals surface area contributed by atoms with E-state index in [1.165, 1.54) is 12.1 Å². The number of hydrogen-bond donors (Lipinski definition) is 0. The van der Waals surface area contributed by atoms with Crippen LogP contribution in [0.2, 0.25) is 0 Å².